The molecule has 0 spiro atoms. The molecular formula is C10H18N4O2. The summed E-state index contributed by atoms with van der Waals surface area (Å²) in [6.45, 7) is 7.97. The normalized spacial score (nSPS) is 21.8. The van der Waals surface area contributed by atoms with Crippen molar-refractivity contribution in [3.8, 4) is 0 Å². The number of likely N-dealkylation sites (tertiary alicyclic amines) is 1. The summed E-state index contributed by atoms with van der Waals surface area (Å²) < 4.78 is 5.25. The van der Waals surface area contributed by atoms with Gasteiger partial charge in [-0.1, -0.05) is 12.0 Å². The molecule has 1 rings (SSSR count). The predicted molar refractivity (Wildman–Crippen MR) is 60.0 cm³/mol. The van der Waals surface area contributed by atoms with Crippen molar-refractivity contribution < 1.29 is 9.53 Å². The van der Waals surface area contributed by atoms with Gasteiger partial charge in [0.15, 0.2) is 0 Å². The van der Waals surface area contributed by atoms with E-state index >= 15 is 0 Å². The Balaban J connectivity index is 2.55. The van der Waals surface area contributed by atoms with Crippen LogP contribution in [0.15, 0.2) is 5.11 Å². The van der Waals surface area contributed by atoms with Gasteiger partial charge in [0.25, 0.3) is 0 Å². The molecule has 0 aromatic carbocycles. The first-order valence-corrected chi connectivity index (χ1v) is 5.39. The summed E-state index contributed by atoms with van der Waals surface area (Å²) in [7, 11) is 0. The highest BCUT2D eigenvalue weighted by Crippen LogP contribution is 2.25. The smallest absolute Gasteiger partial charge is 0.410 e. The fourth-order valence-corrected chi connectivity index (χ4v) is 1.61. The minimum absolute atomic E-state index is 0.0225. The van der Waals surface area contributed by atoms with Gasteiger partial charge in [-0.2, -0.15) is 0 Å². The van der Waals surface area contributed by atoms with Crippen molar-refractivity contribution in [2.45, 2.75) is 51.8 Å². The molecule has 16 heavy (non-hydrogen) atoms. The van der Waals surface area contributed by atoms with Gasteiger partial charge >= 0.3 is 6.09 Å². The van der Waals surface area contributed by atoms with Gasteiger partial charge in [-0.25, -0.2) is 4.79 Å². The highest BCUT2D eigenvalue weighted by molar-refractivity contribution is 5.69. The first-order valence-electron chi connectivity index (χ1n) is 5.39. The third kappa shape index (κ3) is 3.03. The number of azide groups is 1. The second-order valence-corrected chi connectivity index (χ2v) is 4.98. The molecule has 1 aliphatic heterocycles. The van der Waals surface area contributed by atoms with E-state index in [4.69, 9.17) is 10.3 Å². The highest BCUT2D eigenvalue weighted by atomic mass is 16.6. The lowest BCUT2D eigenvalue weighted by molar-refractivity contribution is -0.00890. The summed E-state index contributed by atoms with van der Waals surface area (Å²) in [4.78, 5) is 16.1. The topological polar surface area (TPSA) is 78.3 Å². The van der Waals surface area contributed by atoms with E-state index in [0.29, 0.717) is 6.54 Å². The summed E-state index contributed by atoms with van der Waals surface area (Å²) in [5, 5.41) is 3.61. The van der Waals surface area contributed by atoms with Gasteiger partial charge in [0.2, 0.25) is 0 Å². The van der Waals surface area contributed by atoms with E-state index in [0.717, 1.165) is 6.42 Å². The molecule has 1 aliphatic rings. The zero-order valence-corrected chi connectivity index (χ0v) is 10.2. The third-order valence-corrected chi connectivity index (χ3v) is 2.48. The van der Waals surface area contributed by atoms with Gasteiger partial charge < -0.3 is 9.64 Å². The predicted octanol–water partition coefficient (Wildman–Crippen LogP) is 2.69. The van der Waals surface area contributed by atoms with E-state index in [9.17, 15) is 4.79 Å². The largest absolute Gasteiger partial charge is 0.444 e. The fraction of sp³-hybridized carbons (Fsp3) is 0.900. The van der Waals surface area contributed by atoms with Crippen LogP contribution in [0.25, 0.3) is 10.4 Å². The molecule has 0 bridgehead atoms. The second kappa shape index (κ2) is 4.61. The van der Waals surface area contributed by atoms with Crippen LogP contribution >= 0.6 is 0 Å². The second-order valence-electron chi connectivity index (χ2n) is 4.98. The summed E-state index contributed by atoms with van der Waals surface area (Å²) >= 11 is 0. The van der Waals surface area contributed by atoms with Crippen LogP contribution in [0, 0.1) is 0 Å². The van der Waals surface area contributed by atoms with Crippen LogP contribution < -0.4 is 0 Å². The number of carbonyl (C=O) groups excluding carboxylic acids is 1. The number of nitrogens with zero attached hydrogens (tertiary/aromatic N) is 4. The van der Waals surface area contributed by atoms with Crippen LogP contribution in [0.5, 0.6) is 0 Å². The molecule has 1 saturated heterocycles. The number of ether oxygens (including phenoxy) is 1. The summed E-state index contributed by atoms with van der Waals surface area (Å²) in [5.41, 5.74) is 7.85. The van der Waals surface area contributed by atoms with Gasteiger partial charge in [-0.3, -0.25) is 0 Å². The van der Waals surface area contributed by atoms with Gasteiger partial charge in [0.05, 0.1) is 6.04 Å². The summed E-state index contributed by atoms with van der Waals surface area (Å²) in [5.74, 6) is 0. The number of hydrogen-bond donors (Lipinski definition) is 0. The highest BCUT2D eigenvalue weighted by Gasteiger charge is 2.37. The molecule has 6 heteroatoms. The van der Waals surface area contributed by atoms with E-state index in [1.807, 2.05) is 20.8 Å². The Kier molecular flexibility index (Phi) is 3.65. The van der Waals surface area contributed by atoms with Crippen LogP contribution in [0.3, 0.4) is 0 Å². The molecule has 0 radical (unpaired) electrons. The van der Waals surface area contributed by atoms with Crippen molar-refractivity contribution >= 4 is 6.09 Å². The lowest BCUT2D eigenvalue weighted by Gasteiger charge is -2.43. The molecule has 6 nitrogen and oxygen atoms in total. The maximum Gasteiger partial charge on any atom is 0.410 e. The molecule has 90 valence electrons. The Labute approximate surface area is 95.2 Å². The fourth-order valence-electron chi connectivity index (χ4n) is 1.61. The zero-order chi connectivity index (χ0) is 12.3. The molecule has 1 amide bonds. The van der Waals surface area contributed by atoms with Crippen molar-refractivity contribution in [3.63, 3.8) is 0 Å². The van der Waals surface area contributed by atoms with E-state index in [2.05, 4.69) is 10.0 Å². The average Bonchev–Trinajstić information content (AvgIpc) is 1.97. The molecule has 1 heterocycles. The van der Waals surface area contributed by atoms with Crippen LogP contribution in [-0.4, -0.2) is 35.2 Å². The maximum absolute atomic E-state index is 11.7. The molecule has 2 atom stereocenters. The standard InChI is InChI=1S/C10H18N4O2/c1-7(12-13-11)8-5-6-14(8)9(15)16-10(2,3)4/h7-8H,5-6H2,1-4H3/t7-,8-/m0/s1. The van der Waals surface area contributed by atoms with Gasteiger partial charge in [0, 0.05) is 17.5 Å². The number of rotatable bonds is 2. The molecule has 0 saturated carbocycles. The Hall–Kier alpha value is -1.42. The lowest BCUT2D eigenvalue weighted by atomic mass is 9.97. The van der Waals surface area contributed by atoms with E-state index in [1.165, 1.54) is 0 Å². The molecule has 0 N–H and O–H groups in total. The molecule has 0 aliphatic carbocycles. The quantitative estimate of drug-likeness (QED) is 0.412. The molecule has 0 aromatic heterocycles. The van der Waals surface area contributed by atoms with E-state index < -0.39 is 5.60 Å². The van der Waals surface area contributed by atoms with Crippen molar-refractivity contribution in [1.82, 2.24) is 4.90 Å². The van der Waals surface area contributed by atoms with Crippen molar-refractivity contribution in [3.05, 3.63) is 10.4 Å². The van der Waals surface area contributed by atoms with Gasteiger partial charge in [-0.05, 0) is 32.7 Å². The first-order chi connectivity index (χ1) is 7.35. The van der Waals surface area contributed by atoms with E-state index in [-0.39, 0.29) is 18.2 Å². The van der Waals surface area contributed by atoms with Crippen molar-refractivity contribution in [1.29, 1.82) is 0 Å². The Morgan fingerprint density at radius 2 is 2.25 bits per heavy atom. The zero-order valence-electron chi connectivity index (χ0n) is 10.2. The average molecular weight is 226 g/mol. The Morgan fingerprint density at radius 3 is 2.62 bits per heavy atom. The molecule has 0 unspecified atom stereocenters. The number of hydrogen-bond acceptors (Lipinski definition) is 3. The summed E-state index contributed by atoms with van der Waals surface area (Å²) in [6, 6.07) is -0.225. The molecule has 0 aromatic rings. The van der Waals surface area contributed by atoms with Crippen LogP contribution in [0.1, 0.15) is 34.1 Å². The minimum atomic E-state index is -0.487. The maximum atomic E-state index is 11.7. The first kappa shape index (κ1) is 12.6. The van der Waals surface area contributed by atoms with Crippen molar-refractivity contribution in [2.24, 2.45) is 5.11 Å². The van der Waals surface area contributed by atoms with Crippen LogP contribution in [0.2, 0.25) is 0 Å². The van der Waals surface area contributed by atoms with Crippen LogP contribution in [0.4, 0.5) is 4.79 Å². The molecular weight excluding hydrogens is 208 g/mol. The SMILES string of the molecule is C[C@H](N=[N+]=[N-])[C@@H]1CCN1C(=O)OC(C)(C)C. The van der Waals surface area contributed by atoms with Gasteiger partial charge in [-0.15, -0.1) is 0 Å². The Morgan fingerprint density at radius 1 is 1.62 bits per heavy atom. The number of amides is 1. The molecule has 1 fully saturated rings. The number of carbonyl (C=O) groups is 1. The minimum Gasteiger partial charge on any atom is -0.444 e. The van der Waals surface area contributed by atoms with Crippen molar-refractivity contribution in [2.75, 3.05) is 6.54 Å². The van der Waals surface area contributed by atoms with E-state index in [1.54, 1.807) is 11.8 Å². The Bertz CT molecular complexity index is 317. The van der Waals surface area contributed by atoms with Crippen LogP contribution in [-0.2, 0) is 4.74 Å². The van der Waals surface area contributed by atoms with Gasteiger partial charge in [0.1, 0.15) is 5.60 Å². The third-order valence-electron chi connectivity index (χ3n) is 2.48. The summed E-state index contributed by atoms with van der Waals surface area (Å²) in [6.07, 6.45) is 0.531. The monoisotopic (exact) mass is 226 g/mol. The lowest BCUT2D eigenvalue weighted by Crippen LogP contribution is -2.56.